The largest absolute Gasteiger partial charge is 0.377 e. The maximum absolute atomic E-state index is 5.92. The molecule has 0 spiro atoms. The first-order valence-electron chi connectivity index (χ1n) is 6.98. The van der Waals surface area contributed by atoms with Crippen LogP contribution in [0.4, 0.5) is 0 Å². The summed E-state index contributed by atoms with van der Waals surface area (Å²) in [4.78, 5) is 0. The summed E-state index contributed by atoms with van der Waals surface area (Å²) in [6, 6.07) is 0.532. The van der Waals surface area contributed by atoms with Gasteiger partial charge in [0.15, 0.2) is 0 Å². The highest BCUT2D eigenvalue weighted by Gasteiger charge is 2.43. The van der Waals surface area contributed by atoms with Crippen LogP contribution in [0.15, 0.2) is 0 Å². The monoisotopic (exact) mass is 227 g/mol. The molecule has 0 aromatic rings. The van der Waals surface area contributed by atoms with Crippen molar-refractivity contribution < 1.29 is 4.74 Å². The lowest BCUT2D eigenvalue weighted by Gasteiger charge is -2.40. The summed E-state index contributed by atoms with van der Waals surface area (Å²) in [5, 5.41) is 3.73. The maximum atomic E-state index is 5.92. The molecule has 1 saturated carbocycles. The predicted molar refractivity (Wildman–Crippen MR) is 69.7 cm³/mol. The van der Waals surface area contributed by atoms with Crippen molar-refractivity contribution in [3.8, 4) is 0 Å². The smallest absolute Gasteiger partial charge is 0.0833 e. The van der Waals surface area contributed by atoms with Crippen LogP contribution >= 0.6 is 0 Å². The molecule has 2 unspecified atom stereocenters. The number of rotatable bonds is 7. The van der Waals surface area contributed by atoms with Gasteiger partial charge in [-0.3, -0.25) is 0 Å². The molecular formula is C14H29NO. The zero-order valence-corrected chi connectivity index (χ0v) is 11.5. The summed E-state index contributed by atoms with van der Waals surface area (Å²) < 4.78 is 5.92. The van der Waals surface area contributed by atoms with Crippen LogP contribution in [0.2, 0.25) is 0 Å². The molecule has 0 aromatic carbocycles. The molecule has 0 amide bonds. The van der Waals surface area contributed by atoms with Gasteiger partial charge in [0.05, 0.1) is 5.60 Å². The molecular weight excluding hydrogens is 198 g/mol. The van der Waals surface area contributed by atoms with Gasteiger partial charge < -0.3 is 10.1 Å². The predicted octanol–water partition coefficient (Wildman–Crippen LogP) is 3.36. The van der Waals surface area contributed by atoms with Crippen LogP contribution in [0.1, 0.15) is 59.3 Å². The van der Waals surface area contributed by atoms with Crippen LogP contribution in [-0.2, 0) is 4.74 Å². The average molecular weight is 227 g/mol. The standard InChI is InChI=1S/C14H29NO/c1-5-11-15-13(12(3)6-2)14(16-4)9-7-8-10-14/h12-13,15H,5-11H2,1-4H3. The molecule has 0 bridgehead atoms. The maximum Gasteiger partial charge on any atom is 0.0833 e. The molecule has 1 aliphatic rings. The Balaban J connectivity index is 2.71. The molecule has 2 atom stereocenters. The molecule has 0 aliphatic heterocycles. The van der Waals surface area contributed by atoms with Gasteiger partial charge in [0.25, 0.3) is 0 Å². The minimum Gasteiger partial charge on any atom is -0.377 e. The third-order valence-electron chi connectivity index (χ3n) is 4.25. The van der Waals surface area contributed by atoms with E-state index in [-0.39, 0.29) is 5.60 Å². The normalized spacial score (nSPS) is 23.2. The van der Waals surface area contributed by atoms with Gasteiger partial charge in [-0.05, 0) is 31.7 Å². The molecule has 2 heteroatoms. The summed E-state index contributed by atoms with van der Waals surface area (Å²) in [7, 11) is 1.90. The highest BCUT2D eigenvalue weighted by molar-refractivity contribution is 4.98. The van der Waals surface area contributed by atoms with Crippen LogP contribution in [0.3, 0.4) is 0 Å². The molecule has 96 valence electrons. The molecule has 2 nitrogen and oxygen atoms in total. The summed E-state index contributed by atoms with van der Waals surface area (Å²) >= 11 is 0. The molecule has 0 radical (unpaired) electrons. The van der Waals surface area contributed by atoms with Crippen molar-refractivity contribution in [1.29, 1.82) is 0 Å². The minimum atomic E-state index is 0.116. The molecule has 0 aromatic heterocycles. The van der Waals surface area contributed by atoms with Gasteiger partial charge in [0.1, 0.15) is 0 Å². The fourth-order valence-electron chi connectivity index (χ4n) is 3.06. The van der Waals surface area contributed by atoms with E-state index in [1.165, 1.54) is 38.5 Å². The topological polar surface area (TPSA) is 21.3 Å². The van der Waals surface area contributed by atoms with Crippen LogP contribution in [0.5, 0.6) is 0 Å². The lowest BCUT2D eigenvalue weighted by Crippen LogP contribution is -2.54. The second kappa shape index (κ2) is 6.61. The molecule has 16 heavy (non-hydrogen) atoms. The third-order valence-corrected chi connectivity index (χ3v) is 4.25. The van der Waals surface area contributed by atoms with Gasteiger partial charge in [0, 0.05) is 13.2 Å². The van der Waals surface area contributed by atoms with E-state index in [9.17, 15) is 0 Å². The number of hydrogen-bond donors (Lipinski definition) is 1. The van der Waals surface area contributed by atoms with E-state index < -0.39 is 0 Å². The fourth-order valence-corrected chi connectivity index (χ4v) is 3.06. The Kier molecular flexibility index (Phi) is 5.77. The Hall–Kier alpha value is -0.0800. The summed E-state index contributed by atoms with van der Waals surface area (Å²) in [6.07, 6.45) is 7.55. The van der Waals surface area contributed by atoms with Crippen molar-refractivity contribution in [2.24, 2.45) is 5.92 Å². The van der Waals surface area contributed by atoms with Crippen molar-refractivity contribution in [3.63, 3.8) is 0 Å². The van der Waals surface area contributed by atoms with Gasteiger partial charge in [-0.15, -0.1) is 0 Å². The van der Waals surface area contributed by atoms with E-state index in [4.69, 9.17) is 4.74 Å². The Labute approximate surface area is 101 Å². The van der Waals surface area contributed by atoms with Crippen molar-refractivity contribution >= 4 is 0 Å². The lowest BCUT2D eigenvalue weighted by atomic mass is 9.82. The van der Waals surface area contributed by atoms with Crippen molar-refractivity contribution in [3.05, 3.63) is 0 Å². The SMILES string of the molecule is CCCNC(C(C)CC)C1(OC)CCCC1. The Morgan fingerprint density at radius 3 is 2.31 bits per heavy atom. The van der Waals surface area contributed by atoms with Crippen LogP contribution in [0, 0.1) is 5.92 Å². The number of ether oxygens (including phenoxy) is 1. The van der Waals surface area contributed by atoms with Gasteiger partial charge in [-0.1, -0.05) is 40.0 Å². The Bertz CT molecular complexity index is 187. The Morgan fingerprint density at radius 1 is 1.25 bits per heavy atom. The molecule has 0 saturated heterocycles. The molecule has 1 N–H and O–H groups in total. The van der Waals surface area contributed by atoms with Gasteiger partial charge in [-0.2, -0.15) is 0 Å². The van der Waals surface area contributed by atoms with Gasteiger partial charge >= 0.3 is 0 Å². The number of hydrogen-bond acceptors (Lipinski definition) is 2. The molecule has 1 fully saturated rings. The van der Waals surface area contributed by atoms with E-state index in [1.54, 1.807) is 0 Å². The Morgan fingerprint density at radius 2 is 1.88 bits per heavy atom. The van der Waals surface area contributed by atoms with E-state index >= 15 is 0 Å². The van der Waals surface area contributed by atoms with E-state index in [0.29, 0.717) is 12.0 Å². The average Bonchev–Trinajstić information content (AvgIpc) is 2.79. The van der Waals surface area contributed by atoms with E-state index in [0.717, 1.165) is 6.54 Å². The summed E-state index contributed by atoms with van der Waals surface area (Å²) in [5.41, 5.74) is 0.116. The quantitative estimate of drug-likeness (QED) is 0.720. The molecule has 1 rings (SSSR count). The fraction of sp³-hybridized carbons (Fsp3) is 1.00. The zero-order chi connectivity index (χ0) is 12.0. The highest BCUT2D eigenvalue weighted by Crippen LogP contribution is 2.38. The molecule has 1 aliphatic carbocycles. The summed E-state index contributed by atoms with van der Waals surface area (Å²) in [5.74, 6) is 0.699. The van der Waals surface area contributed by atoms with Crippen molar-refractivity contribution in [2.45, 2.75) is 70.9 Å². The van der Waals surface area contributed by atoms with E-state index in [1.807, 2.05) is 7.11 Å². The molecule has 0 heterocycles. The van der Waals surface area contributed by atoms with Crippen molar-refractivity contribution in [1.82, 2.24) is 5.32 Å². The second-order valence-electron chi connectivity index (χ2n) is 5.29. The van der Waals surface area contributed by atoms with E-state index in [2.05, 4.69) is 26.1 Å². The second-order valence-corrected chi connectivity index (χ2v) is 5.29. The van der Waals surface area contributed by atoms with Crippen LogP contribution in [0.25, 0.3) is 0 Å². The first-order chi connectivity index (χ1) is 7.70. The first kappa shape index (κ1) is 14.0. The van der Waals surface area contributed by atoms with Crippen LogP contribution in [-0.4, -0.2) is 25.3 Å². The minimum absolute atomic E-state index is 0.116. The van der Waals surface area contributed by atoms with Gasteiger partial charge in [-0.25, -0.2) is 0 Å². The summed E-state index contributed by atoms with van der Waals surface area (Å²) in [6.45, 7) is 7.98. The lowest BCUT2D eigenvalue weighted by molar-refractivity contribution is -0.0502. The zero-order valence-electron chi connectivity index (χ0n) is 11.5. The van der Waals surface area contributed by atoms with Crippen LogP contribution < -0.4 is 5.32 Å². The third kappa shape index (κ3) is 2.98. The van der Waals surface area contributed by atoms with Gasteiger partial charge in [0.2, 0.25) is 0 Å². The highest BCUT2D eigenvalue weighted by atomic mass is 16.5. The first-order valence-corrected chi connectivity index (χ1v) is 6.98. The van der Waals surface area contributed by atoms with Crippen molar-refractivity contribution in [2.75, 3.05) is 13.7 Å². The number of methoxy groups -OCH3 is 1. The number of nitrogens with one attached hydrogen (secondary N) is 1.